The van der Waals surface area contributed by atoms with Crippen molar-refractivity contribution >= 4 is 0 Å². The Morgan fingerprint density at radius 1 is 1.42 bits per heavy atom. The van der Waals surface area contributed by atoms with Gasteiger partial charge < -0.3 is 14.6 Å². The number of methoxy groups -OCH3 is 1. The van der Waals surface area contributed by atoms with Crippen LogP contribution in [0.4, 0.5) is 0 Å². The van der Waals surface area contributed by atoms with E-state index in [4.69, 9.17) is 4.74 Å². The van der Waals surface area contributed by atoms with E-state index in [1.54, 1.807) is 7.11 Å². The van der Waals surface area contributed by atoms with Crippen molar-refractivity contribution in [2.45, 2.75) is 25.4 Å². The number of hydrogen-bond donors (Lipinski definition) is 1. The molecular weight excluding hydrogens is 238 g/mol. The molecule has 1 aliphatic rings. The zero-order chi connectivity index (χ0) is 13.2. The fourth-order valence-corrected chi connectivity index (χ4v) is 2.23. The predicted octanol–water partition coefficient (Wildman–Crippen LogP) is 2.35. The lowest BCUT2D eigenvalue weighted by atomic mass is 10.1. The minimum atomic E-state index is 0.695. The summed E-state index contributed by atoms with van der Waals surface area (Å²) in [5.41, 5.74) is 2.40. The first-order chi connectivity index (χ1) is 9.28. The highest BCUT2D eigenvalue weighted by Gasteiger charge is 2.21. The molecule has 0 aliphatic heterocycles. The van der Waals surface area contributed by atoms with Gasteiger partial charge in [-0.15, -0.1) is 0 Å². The molecule has 0 spiro atoms. The van der Waals surface area contributed by atoms with Gasteiger partial charge in [0, 0.05) is 37.6 Å². The van der Waals surface area contributed by atoms with Crippen molar-refractivity contribution in [1.29, 1.82) is 0 Å². The summed E-state index contributed by atoms with van der Waals surface area (Å²) in [4.78, 5) is 4.44. The Balaban J connectivity index is 1.94. The van der Waals surface area contributed by atoms with E-state index in [2.05, 4.69) is 22.4 Å². The number of rotatable bonds is 5. The van der Waals surface area contributed by atoms with Gasteiger partial charge in [-0.2, -0.15) is 0 Å². The van der Waals surface area contributed by atoms with Gasteiger partial charge in [-0.25, -0.2) is 4.98 Å². The van der Waals surface area contributed by atoms with Crippen molar-refractivity contribution in [2.24, 2.45) is 7.05 Å². The standard InChI is InChI=1S/C15H19N3O/c1-18-8-7-16-15(18)14-6-5-13(19-2)9-11(14)10-17-12-3-4-12/h5-9,12,17H,3-4,10H2,1-2H3. The number of benzene rings is 1. The van der Waals surface area contributed by atoms with Crippen molar-refractivity contribution in [1.82, 2.24) is 14.9 Å². The maximum atomic E-state index is 5.32. The van der Waals surface area contributed by atoms with Crippen molar-refractivity contribution < 1.29 is 4.74 Å². The molecule has 0 unspecified atom stereocenters. The highest BCUT2D eigenvalue weighted by molar-refractivity contribution is 5.62. The average molecular weight is 257 g/mol. The van der Waals surface area contributed by atoms with Crippen LogP contribution in [0.1, 0.15) is 18.4 Å². The molecule has 0 amide bonds. The molecule has 4 heteroatoms. The molecule has 1 aromatic heterocycles. The first kappa shape index (κ1) is 12.2. The number of nitrogens with zero attached hydrogens (tertiary/aromatic N) is 2. The second kappa shape index (κ2) is 5.05. The van der Waals surface area contributed by atoms with Gasteiger partial charge in [0.05, 0.1) is 7.11 Å². The van der Waals surface area contributed by atoms with Gasteiger partial charge in [-0.05, 0) is 36.6 Å². The fourth-order valence-electron chi connectivity index (χ4n) is 2.23. The Labute approximate surface area is 113 Å². The third-order valence-electron chi connectivity index (χ3n) is 3.53. The van der Waals surface area contributed by atoms with Gasteiger partial charge in [-0.3, -0.25) is 0 Å². The van der Waals surface area contributed by atoms with Crippen LogP contribution in [-0.2, 0) is 13.6 Å². The number of aromatic nitrogens is 2. The Kier molecular flexibility index (Phi) is 3.25. The molecule has 2 aromatic rings. The third kappa shape index (κ3) is 2.63. The molecule has 1 N–H and O–H groups in total. The lowest BCUT2D eigenvalue weighted by Gasteiger charge is -2.12. The van der Waals surface area contributed by atoms with Gasteiger partial charge in [0.15, 0.2) is 0 Å². The Hall–Kier alpha value is -1.81. The second-order valence-corrected chi connectivity index (χ2v) is 5.04. The van der Waals surface area contributed by atoms with E-state index < -0.39 is 0 Å². The van der Waals surface area contributed by atoms with E-state index >= 15 is 0 Å². The minimum absolute atomic E-state index is 0.695. The summed E-state index contributed by atoms with van der Waals surface area (Å²) >= 11 is 0. The topological polar surface area (TPSA) is 39.1 Å². The molecule has 1 aromatic carbocycles. The Morgan fingerprint density at radius 2 is 2.26 bits per heavy atom. The lowest BCUT2D eigenvalue weighted by molar-refractivity contribution is 0.414. The number of hydrogen-bond acceptors (Lipinski definition) is 3. The molecule has 100 valence electrons. The summed E-state index contributed by atoms with van der Waals surface area (Å²) in [6.45, 7) is 0.865. The van der Waals surface area contributed by atoms with Crippen molar-refractivity contribution in [3.8, 4) is 17.1 Å². The first-order valence-corrected chi connectivity index (χ1v) is 6.66. The molecule has 3 rings (SSSR count). The first-order valence-electron chi connectivity index (χ1n) is 6.66. The summed E-state index contributed by atoms with van der Waals surface area (Å²) in [6, 6.07) is 6.87. The number of aryl methyl sites for hydroxylation is 1. The van der Waals surface area contributed by atoms with Crippen LogP contribution >= 0.6 is 0 Å². The van der Waals surface area contributed by atoms with Crippen molar-refractivity contribution in [2.75, 3.05) is 7.11 Å². The average Bonchev–Trinajstić information content (AvgIpc) is 3.17. The van der Waals surface area contributed by atoms with Crippen molar-refractivity contribution in [3.05, 3.63) is 36.2 Å². The fraction of sp³-hybridized carbons (Fsp3) is 0.400. The normalized spacial score (nSPS) is 14.6. The minimum Gasteiger partial charge on any atom is -0.497 e. The van der Waals surface area contributed by atoms with E-state index in [-0.39, 0.29) is 0 Å². The summed E-state index contributed by atoms with van der Waals surface area (Å²) in [5, 5.41) is 3.55. The van der Waals surface area contributed by atoms with Gasteiger partial charge in [-0.1, -0.05) is 0 Å². The quantitative estimate of drug-likeness (QED) is 0.893. The number of imidazole rings is 1. The zero-order valence-electron chi connectivity index (χ0n) is 11.4. The van der Waals surface area contributed by atoms with Crippen LogP contribution in [0.2, 0.25) is 0 Å². The monoisotopic (exact) mass is 257 g/mol. The maximum Gasteiger partial charge on any atom is 0.139 e. The van der Waals surface area contributed by atoms with E-state index in [1.165, 1.54) is 24.0 Å². The Bertz CT molecular complexity index is 573. The number of ether oxygens (including phenoxy) is 1. The van der Waals surface area contributed by atoms with E-state index in [0.717, 1.165) is 18.1 Å². The molecule has 0 radical (unpaired) electrons. The molecule has 1 heterocycles. The van der Waals surface area contributed by atoms with Crippen LogP contribution in [0.25, 0.3) is 11.4 Å². The van der Waals surface area contributed by atoms with Crippen LogP contribution in [0.5, 0.6) is 5.75 Å². The molecule has 0 bridgehead atoms. The van der Waals surface area contributed by atoms with Gasteiger partial charge in [0.25, 0.3) is 0 Å². The van der Waals surface area contributed by atoms with Crippen LogP contribution in [-0.4, -0.2) is 22.7 Å². The van der Waals surface area contributed by atoms with Gasteiger partial charge >= 0.3 is 0 Å². The van der Waals surface area contributed by atoms with Gasteiger partial charge in [0.2, 0.25) is 0 Å². The van der Waals surface area contributed by atoms with Crippen LogP contribution in [0.15, 0.2) is 30.6 Å². The van der Waals surface area contributed by atoms with Crippen LogP contribution in [0.3, 0.4) is 0 Å². The van der Waals surface area contributed by atoms with Crippen LogP contribution in [0, 0.1) is 0 Å². The molecule has 1 fully saturated rings. The maximum absolute atomic E-state index is 5.32. The summed E-state index contributed by atoms with van der Waals surface area (Å²) in [6.07, 6.45) is 6.39. The second-order valence-electron chi connectivity index (χ2n) is 5.04. The molecule has 19 heavy (non-hydrogen) atoms. The van der Waals surface area contributed by atoms with E-state index in [1.807, 2.05) is 30.1 Å². The lowest BCUT2D eigenvalue weighted by Crippen LogP contribution is -2.16. The number of nitrogens with one attached hydrogen (secondary N) is 1. The zero-order valence-corrected chi connectivity index (χ0v) is 11.4. The van der Waals surface area contributed by atoms with Crippen LogP contribution < -0.4 is 10.1 Å². The summed E-state index contributed by atoms with van der Waals surface area (Å²) in [7, 11) is 3.72. The van der Waals surface area contributed by atoms with E-state index in [0.29, 0.717) is 6.04 Å². The summed E-state index contributed by atoms with van der Waals surface area (Å²) in [5.74, 6) is 1.89. The van der Waals surface area contributed by atoms with E-state index in [9.17, 15) is 0 Å². The summed E-state index contributed by atoms with van der Waals surface area (Å²) < 4.78 is 7.37. The SMILES string of the molecule is COc1ccc(-c2nccn2C)c(CNC2CC2)c1. The molecule has 1 aliphatic carbocycles. The Morgan fingerprint density at radius 3 is 2.89 bits per heavy atom. The highest BCUT2D eigenvalue weighted by atomic mass is 16.5. The largest absolute Gasteiger partial charge is 0.497 e. The molecule has 0 atom stereocenters. The smallest absolute Gasteiger partial charge is 0.139 e. The molecule has 0 saturated heterocycles. The third-order valence-corrected chi connectivity index (χ3v) is 3.53. The van der Waals surface area contributed by atoms with Crippen molar-refractivity contribution in [3.63, 3.8) is 0 Å². The molecular formula is C15H19N3O. The van der Waals surface area contributed by atoms with Gasteiger partial charge in [0.1, 0.15) is 11.6 Å². The predicted molar refractivity (Wildman–Crippen MR) is 75.1 cm³/mol. The highest BCUT2D eigenvalue weighted by Crippen LogP contribution is 2.27. The molecule has 4 nitrogen and oxygen atoms in total. The molecule has 1 saturated carbocycles.